The molecule has 0 saturated carbocycles. The molecule has 1 saturated heterocycles. The molecule has 0 aromatic carbocycles. The van der Waals surface area contributed by atoms with Gasteiger partial charge in [0.15, 0.2) is 5.15 Å². The van der Waals surface area contributed by atoms with Crippen LogP contribution in [0.3, 0.4) is 0 Å². The van der Waals surface area contributed by atoms with Gasteiger partial charge in [-0.05, 0) is 19.9 Å². The fraction of sp³-hybridized carbons (Fsp3) is 0.667. The molecule has 7 nitrogen and oxygen atoms in total. The Morgan fingerprint density at radius 3 is 2.78 bits per heavy atom. The topological polar surface area (TPSA) is 87.5 Å². The zero-order chi connectivity index (χ0) is 16.8. The number of hydrogen-bond acceptors (Lipinski definition) is 5. The maximum Gasteiger partial charge on any atom is 0.221 e. The molecule has 2 rings (SSSR count). The van der Waals surface area contributed by atoms with Crippen molar-refractivity contribution in [2.75, 3.05) is 20.6 Å². The van der Waals surface area contributed by atoms with E-state index in [1.54, 1.807) is 13.1 Å². The van der Waals surface area contributed by atoms with E-state index in [-0.39, 0.29) is 23.9 Å². The van der Waals surface area contributed by atoms with Crippen molar-refractivity contribution in [3.8, 4) is 0 Å². The third kappa shape index (κ3) is 5.21. The molecule has 2 amide bonds. The Morgan fingerprint density at radius 1 is 1.39 bits per heavy atom. The van der Waals surface area contributed by atoms with Crippen molar-refractivity contribution >= 4 is 23.4 Å². The van der Waals surface area contributed by atoms with Gasteiger partial charge in [0.1, 0.15) is 5.76 Å². The summed E-state index contributed by atoms with van der Waals surface area (Å²) < 4.78 is 4.96. The van der Waals surface area contributed by atoms with Gasteiger partial charge in [-0.1, -0.05) is 16.8 Å². The smallest absolute Gasteiger partial charge is 0.221 e. The highest BCUT2D eigenvalue weighted by molar-refractivity contribution is 6.29. The average Bonchev–Trinajstić information content (AvgIpc) is 3.10. The largest absolute Gasteiger partial charge is 0.360 e. The van der Waals surface area contributed by atoms with Gasteiger partial charge >= 0.3 is 0 Å². The number of amides is 2. The average molecular weight is 343 g/mol. The third-order valence-electron chi connectivity index (χ3n) is 4.35. The standard InChI is InChI=1S/C15H23ClN4O3/c1-17-15(22)7-10-3-4-11(20(10)2)9-18-14(21)6-5-12-8-13(16)19-23-12/h8,10-11H,3-7,9H2,1-2H3,(H,17,22)(H,18,21)/t10-,11+/m1/s1. The van der Waals surface area contributed by atoms with Gasteiger partial charge in [0.05, 0.1) is 0 Å². The number of likely N-dealkylation sites (N-methyl/N-ethyl adjacent to an activating group) is 1. The maximum absolute atomic E-state index is 11.9. The van der Waals surface area contributed by atoms with Crippen molar-refractivity contribution < 1.29 is 14.1 Å². The number of aryl methyl sites for hydroxylation is 1. The van der Waals surface area contributed by atoms with Crippen molar-refractivity contribution in [3.63, 3.8) is 0 Å². The molecule has 2 atom stereocenters. The quantitative estimate of drug-likeness (QED) is 0.771. The highest BCUT2D eigenvalue weighted by atomic mass is 35.5. The normalized spacial score (nSPS) is 21.3. The number of hydrogen-bond donors (Lipinski definition) is 2. The highest BCUT2D eigenvalue weighted by Crippen LogP contribution is 2.24. The summed E-state index contributed by atoms with van der Waals surface area (Å²) in [5.74, 6) is 0.631. The lowest BCUT2D eigenvalue weighted by atomic mass is 10.1. The molecule has 2 heterocycles. The zero-order valence-corrected chi connectivity index (χ0v) is 14.2. The molecule has 0 spiro atoms. The van der Waals surface area contributed by atoms with Gasteiger partial charge in [-0.2, -0.15) is 0 Å². The Hall–Kier alpha value is -1.60. The molecular weight excluding hydrogens is 320 g/mol. The summed E-state index contributed by atoms with van der Waals surface area (Å²) in [7, 11) is 3.66. The Kier molecular flexibility index (Phi) is 6.41. The van der Waals surface area contributed by atoms with Crippen LogP contribution in [0.15, 0.2) is 10.6 Å². The van der Waals surface area contributed by atoms with Crippen LogP contribution < -0.4 is 10.6 Å². The summed E-state index contributed by atoms with van der Waals surface area (Å²) in [6, 6.07) is 2.13. The van der Waals surface area contributed by atoms with E-state index >= 15 is 0 Å². The van der Waals surface area contributed by atoms with Crippen LogP contribution in [0.4, 0.5) is 0 Å². The van der Waals surface area contributed by atoms with Crippen molar-refractivity contribution in [1.29, 1.82) is 0 Å². The Morgan fingerprint density at radius 2 is 2.13 bits per heavy atom. The highest BCUT2D eigenvalue weighted by Gasteiger charge is 2.31. The van der Waals surface area contributed by atoms with Gasteiger partial charge in [0.2, 0.25) is 11.8 Å². The van der Waals surface area contributed by atoms with Gasteiger partial charge in [-0.15, -0.1) is 0 Å². The van der Waals surface area contributed by atoms with E-state index < -0.39 is 0 Å². The lowest BCUT2D eigenvalue weighted by Gasteiger charge is -2.25. The van der Waals surface area contributed by atoms with Crippen LogP contribution in [0.1, 0.15) is 31.4 Å². The van der Waals surface area contributed by atoms with E-state index in [1.165, 1.54) is 0 Å². The maximum atomic E-state index is 11.9. The molecule has 0 aliphatic carbocycles. The van der Waals surface area contributed by atoms with Crippen molar-refractivity contribution in [3.05, 3.63) is 17.0 Å². The van der Waals surface area contributed by atoms with Crippen LogP contribution in [0.5, 0.6) is 0 Å². The first-order chi connectivity index (χ1) is 11.0. The molecule has 8 heteroatoms. The van der Waals surface area contributed by atoms with Crippen molar-refractivity contribution in [2.45, 2.75) is 44.2 Å². The number of rotatable bonds is 7. The van der Waals surface area contributed by atoms with Gasteiger partial charge < -0.3 is 15.2 Å². The summed E-state index contributed by atoms with van der Waals surface area (Å²) in [5.41, 5.74) is 0. The van der Waals surface area contributed by atoms with Crippen molar-refractivity contribution in [1.82, 2.24) is 20.7 Å². The number of aromatic nitrogens is 1. The minimum atomic E-state index is -0.0272. The molecule has 1 aliphatic rings. The van der Waals surface area contributed by atoms with Gasteiger partial charge in [0.25, 0.3) is 0 Å². The second kappa shape index (κ2) is 8.31. The SMILES string of the molecule is CNC(=O)C[C@H]1CC[C@@H](CNC(=O)CCc2cc(Cl)no2)N1C. The minimum absolute atomic E-state index is 0.0272. The Bertz CT molecular complexity index is 549. The number of halogens is 1. The number of nitrogens with zero attached hydrogens (tertiary/aromatic N) is 2. The molecule has 2 N–H and O–H groups in total. The molecule has 1 aliphatic heterocycles. The predicted octanol–water partition coefficient (Wildman–Crippen LogP) is 0.976. The number of carbonyl (C=O) groups excluding carboxylic acids is 2. The first-order valence-electron chi connectivity index (χ1n) is 7.80. The second-order valence-electron chi connectivity index (χ2n) is 5.85. The first kappa shape index (κ1) is 17.7. The first-order valence-corrected chi connectivity index (χ1v) is 8.17. The van der Waals surface area contributed by atoms with Crippen LogP contribution in [-0.2, 0) is 16.0 Å². The predicted molar refractivity (Wildman–Crippen MR) is 86.1 cm³/mol. The minimum Gasteiger partial charge on any atom is -0.360 e. The second-order valence-corrected chi connectivity index (χ2v) is 6.24. The van der Waals surface area contributed by atoms with E-state index in [0.717, 1.165) is 12.8 Å². The lowest BCUT2D eigenvalue weighted by Crippen LogP contribution is -2.42. The number of carbonyl (C=O) groups is 2. The Labute approximate surface area is 140 Å². The fourth-order valence-corrected chi connectivity index (χ4v) is 3.02. The van der Waals surface area contributed by atoms with Crippen LogP contribution in [0.25, 0.3) is 0 Å². The van der Waals surface area contributed by atoms with Gasteiger partial charge in [-0.3, -0.25) is 14.5 Å². The summed E-state index contributed by atoms with van der Waals surface area (Å²) in [6.45, 7) is 0.594. The number of likely N-dealkylation sites (tertiary alicyclic amines) is 1. The molecule has 1 aromatic heterocycles. The molecule has 23 heavy (non-hydrogen) atoms. The summed E-state index contributed by atoms with van der Waals surface area (Å²) in [4.78, 5) is 25.6. The van der Waals surface area contributed by atoms with Crippen LogP contribution >= 0.6 is 11.6 Å². The monoisotopic (exact) mass is 342 g/mol. The molecule has 128 valence electrons. The summed E-state index contributed by atoms with van der Waals surface area (Å²) >= 11 is 5.66. The van der Waals surface area contributed by atoms with Crippen molar-refractivity contribution in [2.24, 2.45) is 0 Å². The molecule has 0 unspecified atom stereocenters. The molecular formula is C15H23ClN4O3. The molecule has 0 bridgehead atoms. The van der Waals surface area contributed by atoms with E-state index in [1.807, 2.05) is 7.05 Å². The lowest BCUT2D eigenvalue weighted by molar-refractivity contribution is -0.122. The van der Waals surface area contributed by atoms with E-state index in [9.17, 15) is 9.59 Å². The van der Waals surface area contributed by atoms with Gasteiger partial charge in [-0.25, -0.2) is 0 Å². The fourth-order valence-electron chi connectivity index (χ4n) is 2.86. The molecule has 1 fully saturated rings. The number of nitrogens with one attached hydrogen (secondary N) is 2. The van der Waals surface area contributed by atoms with E-state index in [4.69, 9.17) is 16.1 Å². The van der Waals surface area contributed by atoms with E-state index in [2.05, 4.69) is 20.7 Å². The Balaban J connectivity index is 1.69. The summed E-state index contributed by atoms with van der Waals surface area (Å²) in [6.07, 6.45) is 3.27. The van der Waals surface area contributed by atoms with Crippen LogP contribution in [-0.4, -0.2) is 54.6 Å². The molecule has 1 aromatic rings. The van der Waals surface area contributed by atoms with Gasteiger partial charge in [0, 0.05) is 51.0 Å². The summed E-state index contributed by atoms with van der Waals surface area (Å²) in [5, 5.41) is 9.47. The van der Waals surface area contributed by atoms with E-state index in [0.29, 0.717) is 36.7 Å². The zero-order valence-electron chi connectivity index (χ0n) is 13.5. The van der Waals surface area contributed by atoms with Crippen LogP contribution in [0.2, 0.25) is 5.15 Å². The molecule has 0 radical (unpaired) electrons. The van der Waals surface area contributed by atoms with Crippen LogP contribution in [0, 0.1) is 0 Å². The third-order valence-corrected chi connectivity index (χ3v) is 4.53.